The molecule has 14 heteroatoms. The first kappa shape index (κ1) is 41.8. The van der Waals surface area contributed by atoms with Gasteiger partial charge in [0.15, 0.2) is 0 Å². The van der Waals surface area contributed by atoms with Crippen molar-refractivity contribution in [2.45, 2.75) is 122 Å². The number of hydrogen-bond acceptors (Lipinski definition) is 8. The van der Waals surface area contributed by atoms with Crippen molar-refractivity contribution in [2.24, 2.45) is 41.4 Å². The van der Waals surface area contributed by atoms with Crippen LogP contribution in [0.15, 0.2) is 40.9 Å². The first-order chi connectivity index (χ1) is 24.9. The van der Waals surface area contributed by atoms with Crippen LogP contribution in [0.1, 0.15) is 90.4 Å². The van der Waals surface area contributed by atoms with Crippen molar-refractivity contribution in [3.63, 3.8) is 0 Å². The molecule has 0 aromatic carbocycles. The molecule has 1 aromatic rings. The lowest BCUT2D eigenvalue weighted by atomic mass is 9.61. The van der Waals surface area contributed by atoms with Crippen LogP contribution >= 0.6 is 0 Å². The average molecular weight is 762 g/mol. The number of rotatable bonds is 10. The van der Waals surface area contributed by atoms with Gasteiger partial charge >= 0.3 is 12.4 Å². The summed E-state index contributed by atoms with van der Waals surface area (Å²) in [4.78, 5) is 4.41. The standard InChI is InChI=1S/C39H55F6NO7/c1-22-8-12-29(30-20-52-24(3)10-13-28(22)30)31(35(47)38(40,41)42)18-50-16-26-6-5-7-27(46-26)17-51-19-32(36(48)39(43,44)45)34-14-9-23(2)33-15-11-25(4)53-21-37(33,34)49/h5-7,22-25,28-30,33-34,47-49H,8-21H2,1-4H3/p-2/b35-31-,36-32-/t22-,23-,24+,25+,28+,29-,30?,33+,34+,37-/m1/s1. The van der Waals surface area contributed by atoms with Gasteiger partial charge in [-0.2, -0.15) is 26.3 Å². The van der Waals surface area contributed by atoms with Crippen LogP contribution in [0.25, 0.3) is 0 Å². The molecule has 2 saturated heterocycles. The molecule has 2 aliphatic heterocycles. The summed E-state index contributed by atoms with van der Waals surface area (Å²) in [6.45, 7) is 6.20. The fraction of sp³-hybridized carbons (Fsp3) is 0.769. The monoisotopic (exact) mass is 761 g/mol. The topological polar surface area (TPSA) is 116 Å². The van der Waals surface area contributed by atoms with E-state index in [1.54, 1.807) is 18.2 Å². The third-order valence-electron chi connectivity index (χ3n) is 12.4. The predicted molar refractivity (Wildman–Crippen MR) is 178 cm³/mol. The minimum Gasteiger partial charge on any atom is -0.869 e. The second kappa shape index (κ2) is 17.2. The Kier molecular flexibility index (Phi) is 13.5. The van der Waals surface area contributed by atoms with Crippen LogP contribution in [-0.4, -0.2) is 66.7 Å². The zero-order chi connectivity index (χ0) is 38.7. The summed E-state index contributed by atoms with van der Waals surface area (Å²) in [5, 5.41) is 37.5. The van der Waals surface area contributed by atoms with Gasteiger partial charge in [0.1, 0.15) is 0 Å². The lowest BCUT2D eigenvalue weighted by molar-refractivity contribution is -0.364. The van der Waals surface area contributed by atoms with Gasteiger partial charge in [-0.3, -0.25) is 4.98 Å². The Hall–Kier alpha value is -2.39. The minimum atomic E-state index is -5.18. The van der Waals surface area contributed by atoms with E-state index >= 15 is 0 Å². The molecule has 5 rings (SSSR count). The van der Waals surface area contributed by atoms with Gasteiger partial charge in [-0.05, 0) is 136 Å². The maximum Gasteiger partial charge on any atom is 0.402 e. The van der Waals surface area contributed by atoms with E-state index in [9.17, 15) is 41.7 Å². The summed E-state index contributed by atoms with van der Waals surface area (Å²) in [6, 6.07) is 4.73. The highest BCUT2D eigenvalue weighted by Crippen LogP contribution is 2.50. The lowest BCUT2D eigenvalue weighted by Gasteiger charge is -2.49. The lowest BCUT2D eigenvalue weighted by Crippen LogP contribution is -2.55. The minimum absolute atomic E-state index is 0.0156. The Labute approximate surface area is 307 Å². The third kappa shape index (κ3) is 9.89. The van der Waals surface area contributed by atoms with Crippen LogP contribution in [-0.2, 0) is 32.2 Å². The Bertz CT molecular complexity index is 1450. The Morgan fingerprint density at radius 2 is 1.32 bits per heavy atom. The molecule has 1 aromatic heterocycles. The molecule has 2 aliphatic carbocycles. The molecular formula is C39H53F6NO7-2. The summed E-state index contributed by atoms with van der Waals surface area (Å²) in [5.74, 6) is -5.81. The number of ether oxygens (including phenoxy) is 4. The first-order valence-corrected chi connectivity index (χ1v) is 18.9. The highest BCUT2D eigenvalue weighted by atomic mass is 19.4. The molecule has 0 spiro atoms. The molecule has 3 heterocycles. The number of nitrogens with zero attached hydrogens (tertiary/aromatic N) is 1. The van der Waals surface area contributed by atoms with Crippen molar-refractivity contribution in [3.8, 4) is 0 Å². The second-order valence-corrected chi connectivity index (χ2v) is 15.9. The van der Waals surface area contributed by atoms with Crippen molar-refractivity contribution in [3.05, 3.63) is 52.3 Å². The van der Waals surface area contributed by atoms with E-state index in [0.717, 1.165) is 12.8 Å². The maximum absolute atomic E-state index is 13.9. The van der Waals surface area contributed by atoms with Crippen molar-refractivity contribution in [2.75, 3.05) is 26.4 Å². The molecule has 2 saturated carbocycles. The number of pyridine rings is 1. The Morgan fingerprint density at radius 3 is 1.96 bits per heavy atom. The number of alkyl halides is 6. The van der Waals surface area contributed by atoms with Crippen LogP contribution in [0, 0.1) is 41.4 Å². The van der Waals surface area contributed by atoms with E-state index < -0.39 is 60.1 Å². The summed E-state index contributed by atoms with van der Waals surface area (Å²) < 4.78 is 107. The number of allylic oxidation sites excluding steroid dienone is 2. The van der Waals surface area contributed by atoms with Crippen molar-refractivity contribution in [1.29, 1.82) is 0 Å². The van der Waals surface area contributed by atoms with E-state index in [1.165, 1.54) is 0 Å². The first-order valence-electron chi connectivity index (χ1n) is 18.9. The van der Waals surface area contributed by atoms with E-state index in [-0.39, 0.29) is 80.0 Å². The second-order valence-electron chi connectivity index (χ2n) is 15.9. The van der Waals surface area contributed by atoms with Crippen molar-refractivity contribution < 1.29 is 60.6 Å². The Morgan fingerprint density at radius 1 is 0.755 bits per heavy atom. The van der Waals surface area contributed by atoms with E-state index in [1.807, 2.05) is 20.8 Å². The van der Waals surface area contributed by atoms with Gasteiger partial charge in [0.2, 0.25) is 0 Å². The van der Waals surface area contributed by atoms with Gasteiger partial charge in [0.05, 0.1) is 68.8 Å². The molecule has 300 valence electrons. The van der Waals surface area contributed by atoms with Gasteiger partial charge < -0.3 is 34.3 Å². The van der Waals surface area contributed by atoms with Gasteiger partial charge in [-0.25, -0.2) is 0 Å². The zero-order valence-corrected chi connectivity index (χ0v) is 30.9. The summed E-state index contributed by atoms with van der Waals surface area (Å²) in [6.07, 6.45) is -5.81. The largest absolute Gasteiger partial charge is 0.869 e. The van der Waals surface area contributed by atoms with Crippen molar-refractivity contribution in [1.82, 2.24) is 4.98 Å². The number of aromatic nitrogens is 1. The summed E-state index contributed by atoms with van der Waals surface area (Å²) in [5.41, 5.74) is -1.94. The predicted octanol–water partition coefficient (Wildman–Crippen LogP) is 6.54. The molecule has 0 radical (unpaired) electrons. The van der Waals surface area contributed by atoms with Gasteiger partial charge in [-0.1, -0.05) is 19.9 Å². The highest BCUT2D eigenvalue weighted by Gasteiger charge is 2.52. The fourth-order valence-electron chi connectivity index (χ4n) is 9.42. The van der Waals surface area contributed by atoms with Crippen molar-refractivity contribution >= 4 is 0 Å². The molecule has 0 bridgehead atoms. The molecule has 4 fully saturated rings. The molecule has 53 heavy (non-hydrogen) atoms. The molecule has 1 unspecified atom stereocenters. The van der Waals surface area contributed by atoms with Gasteiger partial charge in [0.25, 0.3) is 0 Å². The maximum atomic E-state index is 13.9. The number of fused-ring (bicyclic) bond motifs is 2. The van der Waals surface area contributed by atoms with Crippen LogP contribution in [0.3, 0.4) is 0 Å². The zero-order valence-electron chi connectivity index (χ0n) is 30.9. The van der Waals surface area contributed by atoms with Gasteiger partial charge in [-0.15, -0.1) is 0 Å². The molecule has 1 N–H and O–H groups in total. The molecular weight excluding hydrogens is 708 g/mol. The molecule has 0 amide bonds. The molecule has 8 nitrogen and oxygen atoms in total. The van der Waals surface area contributed by atoms with E-state index in [0.29, 0.717) is 43.7 Å². The normalized spacial score (nSPS) is 35.3. The smallest absolute Gasteiger partial charge is 0.402 e. The fourth-order valence-corrected chi connectivity index (χ4v) is 9.42. The Balaban J connectivity index is 1.27. The third-order valence-corrected chi connectivity index (χ3v) is 12.4. The quantitative estimate of drug-likeness (QED) is 0.211. The summed E-state index contributed by atoms with van der Waals surface area (Å²) >= 11 is 0. The number of aliphatic hydroxyl groups is 1. The molecule has 10 atom stereocenters. The number of halogens is 6. The number of hydrogen-bond donors (Lipinski definition) is 1. The van der Waals surface area contributed by atoms with Crippen LogP contribution in [0.5, 0.6) is 0 Å². The van der Waals surface area contributed by atoms with E-state index in [2.05, 4.69) is 11.9 Å². The van der Waals surface area contributed by atoms with Gasteiger partial charge in [0, 0.05) is 5.92 Å². The van der Waals surface area contributed by atoms with Crippen LogP contribution in [0.4, 0.5) is 26.3 Å². The molecule has 4 aliphatic rings. The van der Waals surface area contributed by atoms with Crippen LogP contribution in [0.2, 0.25) is 0 Å². The van der Waals surface area contributed by atoms with Crippen LogP contribution < -0.4 is 10.2 Å². The highest BCUT2D eigenvalue weighted by molar-refractivity contribution is 5.23. The average Bonchev–Trinajstić information content (AvgIpc) is 3.39. The van der Waals surface area contributed by atoms with E-state index in [4.69, 9.17) is 18.9 Å². The summed E-state index contributed by atoms with van der Waals surface area (Å²) in [7, 11) is 0. The SMILES string of the molecule is C[C@@H]1CC[C@@H](/C(COCc2cccc(COC/C(=C(/[O-])C(F)(F)F)[C@@H]3CC[C@@H](C)[C@@H]4CC[C@H](C)OC[C@]34O)n2)=C(\[O-])C(F)(F)F)C2CO[C@@H](C)CC[C@H]21.